The molecule has 1 rings (SSSR count). The van der Waals surface area contributed by atoms with Crippen LogP contribution in [0.4, 0.5) is 5.88 Å². The molecular formula is C15H19NO7. The van der Waals surface area contributed by atoms with Crippen molar-refractivity contribution < 1.29 is 33.1 Å². The van der Waals surface area contributed by atoms with E-state index in [-0.39, 0.29) is 48.0 Å². The van der Waals surface area contributed by atoms with Gasteiger partial charge in [-0.2, -0.15) is 0 Å². The predicted molar refractivity (Wildman–Crippen MR) is 79.3 cm³/mol. The number of carbonyl (C=O) groups is 4. The summed E-state index contributed by atoms with van der Waals surface area (Å²) in [5, 5.41) is 2.38. The summed E-state index contributed by atoms with van der Waals surface area (Å²) in [5.74, 6) is -2.21. The lowest BCUT2D eigenvalue weighted by Crippen LogP contribution is -2.17. The molecule has 0 saturated heterocycles. The molecule has 0 fully saturated rings. The first-order valence-corrected chi connectivity index (χ1v) is 6.99. The van der Waals surface area contributed by atoms with Crippen LogP contribution in [0.5, 0.6) is 0 Å². The van der Waals surface area contributed by atoms with E-state index >= 15 is 0 Å². The molecule has 0 aliphatic heterocycles. The zero-order chi connectivity index (χ0) is 17.6. The van der Waals surface area contributed by atoms with Gasteiger partial charge in [0.15, 0.2) is 5.78 Å². The number of furan rings is 1. The summed E-state index contributed by atoms with van der Waals surface area (Å²) in [6.45, 7) is 4.51. The Balaban J connectivity index is 3.04. The van der Waals surface area contributed by atoms with Crippen LogP contribution in [0.3, 0.4) is 0 Å². The Morgan fingerprint density at radius 2 is 1.78 bits per heavy atom. The standard InChI is InChI=1S/C15H19NO7/c1-5-22-15(20)13-12(8(2)17)9(3)23-14(13)16-10(18)6-7-11(19)21-4/h5-7H2,1-4H3,(H,16,18). The van der Waals surface area contributed by atoms with Crippen LogP contribution < -0.4 is 5.32 Å². The van der Waals surface area contributed by atoms with E-state index < -0.39 is 17.8 Å². The first kappa shape index (κ1) is 18.4. The number of amides is 1. The van der Waals surface area contributed by atoms with E-state index in [9.17, 15) is 19.2 Å². The van der Waals surface area contributed by atoms with Gasteiger partial charge in [0.2, 0.25) is 11.8 Å². The Morgan fingerprint density at radius 1 is 1.13 bits per heavy atom. The number of rotatable bonds is 7. The Labute approximate surface area is 133 Å². The van der Waals surface area contributed by atoms with Gasteiger partial charge in [-0.25, -0.2) is 4.79 Å². The lowest BCUT2D eigenvalue weighted by atomic mass is 10.1. The van der Waals surface area contributed by atoms with Crippen molar-refractivity contribution in [2.24, 2.45) is 0 Å². The van der Waals surface area contributed by atoms with E-state index in [2.05, 4.69) is 10.1 Å². The van der Waals surface area contributed by atoms with Crippen molar-refractivity contribution in [1.29, 1.82) is 0 Å². The van der Waals surface area contributed by atoms with Gasteiger partial charge in [0.05, 0.1) is 25.7 Å². The SMILES string of the molecule is CCOC(=O)c1c(NC(=O)CCC(=O)OC)oc(C)c1C(C)=O. The van der Waals surface area contributed by atoms with Crippen LogP contribution in [-0.2, 0) is 19.1 Å². The molecule has 0 saturated carbocycles. The minimum Gasteiger partial charge on any atom is -0.469 e. The number of carbonyl (C=O) groups excluding carboxylic acids is 4. The fourth-order valence-corrected chi connectivity index (χ4v) is 1.96. The Morgan fingerprint density at radius 3 is 2.30 bits per heavy atom. The van der Waals surface area contributed by atoms with E-state index in [4.69, 9.17) is 9.15 Å². The lowest BCUT2D eigenvalue weighted by molar-refractivity contribution is -0.141. The highest BCUT2D eigenvalue weighted by atomic mass is 16.5. The summed E-state index contributed by atoms with van der Waals surface area (Å²) in [4.78, 5) is 46.6. The maximum Gasteiger partial charge on any atom is 0.344 e. The fraction of sp³-hybridized carbons (Fsp3) is 0.467. The van der Waals surface area contributed by atoms with Crippen LogP contribution in [0.25, 0.3) is 0 Å². The van der Waals surface area contributed by atoms with Crippen LogP contribution in [-0.4, -0.2) is 37.3 Å². The third-order valence-corrected chi connectivity index (χ3v) is 2.95. The molecule has 0 unspecified atom stereocenters. The van der Waals surface area contributed by atoms with Gasteiger partial charge in [0.25, 0.3) is 0 Å². The van der Waals surface area contributed by atoms with Gasteiger partial charge in [-0.1, -0.05) is 0 Å². The van der Waals surface area contributed by atoms with Crippen molar-refractivity contribution in [2.45, 2.75) is 33.6 Å². The van der Waals surface area contributed by atoms with Crippen LogP contribution in [0.1, 0.15) is 53.2 Å². The molecule has 1 heterocycles. The van der Waals surface area contributed by atoms with E-state index in [1.165, 1.54) is 21.0 Å². The highest BCUT2D eigenvalue weighted by molar-refractivity contribution is 6.10. The number of esters is 2. The number of ketones is 1. The largest absolute Gasteiger partial charge is 0.469 e. The first-order chi connectivity index (χ1) is 10.8. The molecule has 0 radical (unpaired) electrons. The zero-order valence-corrected chi connectivity index (χ0v) is 13.5. The number of hydrogen-bond acceptors (Lipinski definition) is 7. The van der Waals surface area contributed by atoms with Crippen LogP contribution >= 0.6 is 0 Å². The second-order valence-electron chi connectivity index (χ2n) is 4.64. The molecule has 8 nitrogen and oxygen atoms in total. The number of nitrogens with one attached hydrogen (secondary N) is 1. The predicted octanol–water partition coefficient (Wildman–Crippen LogP) is 1.86. The van der Waals surface area contributed by atoms with Crippen molar-refractivity contribution in [3.05, 3.63) is 16.9 Å². The smallest absolute Gasteiger partial charge is 0.344 e. The van der Waals surface area contributed by atoms with Crippen molar-refractivity contribution in [3.63, 3.8) is 0 Å². The minimum absolute atomic E-state index is 0.0618. The van der Waals surface area contributed by atoms with Gasteiger partial charge in [-0.3, -0.25) is 19.7 Å². The van der Waals surface area contributed by atoms with Crippen molar-refractivity contribution in [1.82, 2.24) is 0 Å². The molecule has 0 spiro atoms. The molecule has 1 amide bonds. The van der Waals surface area contributed by atoms with Gasteiger partial charge in [-0.15, -0.1) is 0 Å². The molecule has 0 bridgehead atoms. The average Bonchev–Trinajstić information content (AvgIpc) is 2.81. The summed E-state index contributed by atoms with van der Waals surface area (Å²) in [7, 11) is 1.22. The Kier molecular flexibility index (Phi) is 6.49. The quantitative estimate of drug-likeness (QED) is 0.601. The summed E-state index contributed by atoms with van der Waals surface area (Å²) in [6, 6.07) is 0. The molecule has 23 heavy (non-hydrogen) atoms. The molecule has 8 heteroatoms. The van der Waals surface area contributed by atoms with Gasteiger partial charge in [-0.05, 0) is 20.8 Å². The van der Waals surface area contributed by atoms with Gasteiger partial charge in [0, 0.05) is 6.42 Å². The topological polar surface area (TPSA) is 112 Å². The van der Waals surface area contributed by atoms with Gasteiger partial charge < -0.3 is 13.9 Å². The number of methoxy groups -OCH3 is 1. The molecule has 0 aromatic carbocycles. The molecule has 1 aromatic rings. The molecule has 1 aromatic heterocycles. The number of aryl methyl sites for hydroxylation is 1. The average molecular weight is 325 g/mol. The maximum atomic E-state index is 12.0. The van der Waals surface area contributed by atoms with Gasteiger partial charge >= 0.3 is 11.9 Å². The first-order valence-electron chi connectivity index (χ1n) is 6.99. The van der Waals surface area contributed by atoms with E-state index in [0.717, 1.165) is 0 Å². The lowest BCUT2D eigenvalue weighted by Gasteiger charge is -2.05. The molecule has 0 aliphatic carbocycles. The van der Waals surface area contributed by atoms with Crippen molar-refractivity contribution in [3.8, 4) is 0 Å². The molecule has 1 N–H and O–H groups in total. The summed E-state index contributed by atoms with van der Waals surface area (Å²) in [6.07, 6.45) is -0.263. The molecule has 0 atom stereocenters. The zero-order valence-electron chi connectivity index (χ0n) is 13.5. The van der Waals surface area contributed by atoms with Crippen LogP contribution in [0, 0.1) is 6.92 Å². The number of Topliss-reactive ketones (excluding diaryl/α,β-unsaturated/α-hetero) is 1. The molecule has 126 valence electrons. The second-order valence-corrected chi connectivity index (χ2v) is 4.64. The third kappa shape index (κ3) is 4.67. The number of anilines is 1. The normalized spacial score (nSPS) is 10.1. The second kappa shape index (κ2) is 8.11. The summed E-state index contributed by atoms with van der Waals surface area (Å²) >= 11 is 0. The highest BCUT2D eigenvalue weighted by Gasteiger charge is 2.28. The fourth-order valence-electron chi connectivity index (χ4n) is 1.96. The van der Waals surface area contributed by atoms with Crippen LogP contribution in [0.15, 0.2) is 4.42 Å². The minimum atomic E-state index is -0.766. The summed E-state index contributed by atoms with van der Waals surface area (Å²) < 4.78 is 14.6. The van der Waals surface area contributed by atoms with Crippen molar-refractivity contribution >= 4 is 29.5 Å². The van der Waals surface area contributed by atoms with Gasteiger partial charge in [0.1, 0.15) is 11.3 Å². The van der Waals surface area contributed by atoms with E-state index in [0.29, 0.717) is 0 Å². The van der Waals surface area contributed by atoms with Crippen molar-refractivity contribution in [2.75, 3.05) is 19.0 Å². The molecular weight excluding hydrogens is 306 g/mol. The summed E-state index contributed by atoms with van der Waals surface area (Å²) in [5.41, 5.74) is -0.0602. The maximum absolute atomic E-state index is 12.0. The molecule has 0 aliphatic rings. The van der Waals surface area contributed by atoms with E-state index in [1.807, 2.05) is 0 Å². The highest BCUT2D eigenvalue weighted by Crippen LogP contribution is 2.28. The van der Waals surface area contributed by atoms with E-state index in [1.54, 1.807) is 6.92 Å². The number of ether oxygens (including phenoxy) is 2. The Bertz CT molecular complexity index is 630. The third-order valence-electron chi connectivity index (χ3n) is 2.95. The monoisotopic (exact) mass is 325 g/mol. The Hall–Kier alpha value is -2.64. The van der Waals surface area contributed by atoms with Crippen LogP contribution in [0.2, 0.25) is 0 Å². The number of hydrogen-bond donors (Lipinski definition) is 1.